The molecule has 1 aliphatic heterocycles. The predicted molar refractivity (Wildman–Crippen MR) is 108 cm³/mol. The Morgan fingerprint density at radius 1 is 1.20 bits per heavy atom. The molecule has 1 heterocycles. The molecule has 4 atom stereocenters. The Kier molecular flexibility index (Phi) is 10.6. The Morgan fingerprint density at radius 3 is 2.40 bits per heavy atom. The number of aliphatic carboxylic acids is 1. The molecule has 170 valence electrons. The van der Waals surface area contributed by atoms with Crippen molar-refractivity contribution in [1.29, 1.82) is 0 Å². The normalized spacial score (nSPS) is 18.9. The number of carboxylic acids is 1. The van der Waals surface area contributed by atoms with Crippen LogP contribution in [0.3, 0.4) is 0 Å². The number of nitrogens with zero attached hydrogens (tertiary/aromatic N) is 1. The summed E-state index contributed by atoms with van der Waals surface area (Å²) < 4.78 is 0. The maximum Gasteiger partial charge on any atom is 0.326 e. The number of carbonyl (C=O) groups is 5. The minimum absolute atomic E-state index is 0.156. The molecule has 4 amide bonds. The van der Waals surface area contributed by atoms with Crippen molar-refractivity contribution in [2.75, 3.05) is 25.2 Å². The van der Waals surface area contributed by atoms with Crippen LogP contribution in [0.5, 0.6) is 0 Å². The van der Waals surface area contributed by atoms with Crippen LogP contribution in [0.2, 0.25) is 0 Å². The average molecular weight is 448 g/mol. The summed E-state index contributed by atoms with van der Waals surface area (Å²) in [5.41, 5.74) is 10.7. The van der Waals surface area contributed by atoms with Gasteiger partial charge in [-0.2, -0.15) is 11.8 Å². The lowest BCUT2D eigenvalue weighted by Crippen LogP contribution is -2.57. The van der Waals surface area contributed by atoms with E-state index in [1.54, 1.807) is 6.26 Å². The molecule has 4 unspecified atom stereocenters. The van der Waals surface area contributed by atoms with Gasteiger partial charge in [0.1, 0.15) is 24.2 Å². The van der Waals surface area contributed by atoms with Crippen LogP contribution >= 0.6 is 11.8 Å². The van der Waals surface area contributed by atoms with Crippen molar-refractivity contribution < 1.29 is 34.2 Å². The minimum atomic E-state index is -1.39. The van der Waals surface area contributed by atoms with Crippen molar-refractivity contribution in [1.82, 2.24) is 15.5 Å². The van der Waals surface area contributed by atoms with Gasteiger partial charge in [-0.1, -0.05) is 0 Å². The number of thioether (sulfide) groups is 1. The zero-order chi connectivity index (χ0) is 22.8. The SMILES string of the molecule is CSCCC(NC(=O)C(CC(N)=O)NC(=O)C1CCCN1C(=O)C(N)CO)C(=O)O. The van der Waals surface area contributed by atoms with E-state index in [1.807, 2.05) is 0 Å². The lowest BCUT2D eigenvalue weighted by atomic mass is 10.1. The van der Waals surface area contributed by atoms with Crippen LogP contribution in [0.4, 0.5) is 0 Å². The molecule has 0 aliphatic carbocycles. The summed E-state index contributed by atoms with van der Waals surface area (Å²) in [6, 6.07) is -4.68. The van der Waals surface area contributed by atoms with Crippen LogP contribution in [0.1, 0.15) is 25.7 Å². The Hall–Kier alpha value is -2.38. The van der Waals surface area contributed by atoms with Gasteiger partial charge in [-0.05, 0) is 31.3 Å². The van der Waals surface area contributed by atoms with Crippen molar-refractivity contribution >= 4 is 41.4 Å². The molecule has 0 aromatic rings. The molecule has 1 fully saturated rings. The first kappa shape index (κ1) is 25.7. The van der Waals surface area contributed by atoms with Crippen molar-refractivity contribution in [3.05, 3.63) is 0 Å². The highest BCUT2D eigenvalue weighted by atomic mass is 32.2. The summed E-state index contributed by atoms with van der Waals surface area (Å²) in [6.45, 7) is -0.323. The number of amides is 4. The zero-order valence-electron chi connectivity index (χ0n) is 16.7. The van der Waals surface area contributed by atoms with Gasteiger partial charge in [0.25, 0.3) is 0 Å². The van der Waals surface area contributed by atoms with Crippen LogP contribution < -0.4 is 22.1 Å². The lowest BCUT2D eigenvalue weighted by molar-refractivity contribution is -0.143. The molecule has 1 rings (SSSR count). The van der Waals surface area contributed by atoms with Gasteiger partial charge in [-0.15, -0.1) is 0 Å². The molecule has 0 radical (unpaired) electrons. The van der Waals surface area contributed by atoms with Gasteiger partial charge in [0, 0.05) is 6.54 Å². The molecule has 8 N–H and O–H groups in total. The molecule has 12 nitrogen and oxygen atoms in total. The maximum absolute atomic E-state index is 12.7. The Morgan fingerprint density at radius 2 is 1.87 bits per heavy atom. The van der Waals surface area contributed by atoms with Crippen LogP contribution in [0.25, 0.3) is 0 Å². The first-order chi connectivity index (χ1) is 14.1. The van der Waals surface area contributed by atoms with Crippen molar-refractivity contribution in [2.24, 2.45) is 11.5 Å². The second-order valence-electron chi connectivity index (χ2n) is 6.89. The first-order valence-electron chi connectivity index (χ1n) is 9.40. The number of carbonyl (C=O) groups excluding carboxylic acids is 4. The number of hydrogen-bond acceptors (Lipinski definition) is 8. The largest absolute Gasteiger partial charge is 0.480 e. The lowest BCUT2D eigenvalue weighted by Gasteiger charge is -2.28. The molecule has 0 aromatic carbocycles. The standard InChI is InChI=1S/C17H29N5O7S/c1-30-6-4-10(17(28)29)20-14(25)11(7-13(19)24)21-15(26)12-3-2-5-22(12)16(27)9(18)8-23/h9-12,23H,2-8,18H2,1H3,(H2,19,24)(H,20,25)(H,21,26)(H,28,29). The third-order valence-electron chi connectivity index (χ3n) is 4.62. The molecule has 0 aromatic heterocycles. The van der Waals surface area contributed by atoms with E-state index < -0.39 is 66.8 Å². The number of nitrogens with one attached hydrogen (secondary N) is 2. The topological polar surface area (TPSA) is 205 Å². The van der Waals surface area contributed by atoms with Crippen molar-refractivity contribution in [3.8, 4) is 0 Å². The molecule has 0 bridgehead atoms. The molecule has 1 aliphatic rings. The molecule has 0 spiro atoms. The van der Waals surface area contributed by atoms with E-state index in [9.17, 15) is 29.1 Å². The fourth-order valence-electron chi connectivity index (χ4n) is 3.04. The van der Waals surface area contributed by atoms with Crippen LogP contribution in [-0.4, -0.2) is 94.0 Å². The van der Waals surface area contributed by atoms with E-state index in [4.69, 9.17) is 16.6 Å². The number of aliphatic hydroxyl groups is 1. The smallest absolute Gasteiger partial charge is 0.326 e. The molecular formula is C17H29N5O7S. The van der Waals surface area contributed by atoms with Gasteiger partial charge < -0.3 is 37.2 Å². The fraction of sp³-hybridized carbons (Fsp3) is 0.706. The number of carboxylic acid groups (broad SMARTS) is 1. The van der Waals surface area contributed by atoms with E-state index in [-0.39, 0.29) is 13.0 Å². The van der Waals surface area contributed by atoms with Crippen LogP contribution in [0, 0.1) is 0 Å². The summed E-state index contributed by atoms with van der Waals surface area (Å²) in [5, 5.41) is 23.0. The number of nitrogens with two attached hydrogens (primary N) is 2. The highest BCUT2D eigenvalue weighted by Gasteiger charge is 2.38. The summed E-state index contributed by atoms with van der Waals surface area (Å²) in [7, 11) is 0. The summed E-state index contributed by atoms with van der Waals surface area (Å²) in [6.07, 6.45) is 2.23. The van der Waals surface area contributed by atoms with E-state index in [0.717, 1.165) is 0 Å². The first-order valence-corrected chi connectivity index (χ1v) is 10.8. The fourth-order valence-corrected chi connectivity index (χ4v) is 3.51. The molecule has 13 heteroatoms. The second kappa shape index (κ2) is 12.3. The van der Waals surface area contributed by atoms with E-state index in [0.29, 0.717) is 18.6 Å². The zero-order valence-corrected chi connectivity index (χ0v) is 17.5. The van der Waals surface area contributed by atoms with E-state index in [2.05, 4.69) is 10.6 Å². The van der Waals surface area contributed by atoms with Gasteiger partial charge in [0.05, 0.1) is 13.0 Å². The van der Waals surface area contributed by atoms with Gasteiger partial charge in [0.15, 0.2) is 0 Å². The van der Waals surface area contributed by atoms with Gasteiger partial charge >= 0.3 is 5.97 Å². The average Bonchev–Trinajstić information content (AvgIpc) is 3.18. The highest BCUT2D eigenvalue weighted by molar-refractivity contribution is 7.98. The quantitative estimate of drug-likeness (QED) is 0.180. The maximum atomic E-state index is 12.7. The third-order valence-corrected chi connectivity index (χ3v) is 5.26. The number of primary amides is 1. The number of hydrogen-bond donors (Lipinski definition) is 6. The van der Waals surface area contributed by atoms with Gasteiger partial charge in [-0.25, -0.2) is 4.79 Å². The van der Waals surface area contributed by atoms with Gasteiger partial charge in [0.2, 0.25) is 23.6 Å². The third kappa shape index (κ3) is 7.46. The van der Waals surface area contributed by atoms with Crippen LogP contribution in [-0.2, 0) is 24.0 Å². The Labute approximate surface area is 178 Å². The van der Waals surface area contributed by atoms with Crippen LogP contribution in [0.15, 0.2) is 0 Å². The van der Waals surface area contributed by atoms with Gasteiger partial charge in [-0.3, -0.25) is 19.2 Å². The molecule has 30 heavy (non-hydrogen) atoms. The van der Waals surface area contributed by atoms with E-state index in [1.165, 1.54) is 16.7 Å². The number of aliphatic hydroxyl groups excluding tert-OH is 1. The monoisotopic (exact) mass is 447 g/mol. The van der Waals surface area contributed by atoms with Crippen molar-refractivity contribution in [3.63, 3.8) is 0 Å². The Bertz CT molecular complexity index is 662. The second-order valence-corrected chi connectivity index (χ2v) is 7.88. The summed E-state index contributed by atoms with van der Waals surface area (Å²) in [4.78, 5) is 61.4. The molecule has 1 saturated heterocycles. The molecular weight excluding hydrogens is 418 g/mol. The number of likely N-dealkylation sites (tertiary alicyclic amines) is 1. The Balaban J connectivity index is 2.89. The molecule has 0 saturated carbocycles. The predicted octanol–water partition coefficient (Wildman–Crippen LogP) is -3.02. The number of rotatable bonds is 12. The van der Waals surface area contributed by atoms with Crippen molar-refractivity contribution in [2.45, 2.75) is 49.9 Å². The van der Waals surface area contributed by atoms with E-state index >= 15 is 0 Å². The highest BCUT2D eigenvalue weighted by Crippen LogP contribution is 2.18. The minimum Gasteiger partial charge on any atom is -0.480 e. The summed E-state index contributed by atoms with van der Waals surface area (Å²) >= 11 is 1.40. The summed E-state index contributed by atoms with van der Waals surface area (Å²) in [5.74, 6) is -3.79.